The Morgan fingerprint density at radius 1 is 1.23 bits per heavy atom. The van der Waals surface area contributed by atoms with Crippen LogP contribution in [0.4, 0.5) is 0 Å². The van der Waals surface area contributed by atoms with Gasteiger partial charge in [0.1, 0.15) is 0 Å². The largest absolute Gasteiger partial charge is 0.349 e. The molecule has 0 unspecified atom stereocenters. The van der Waals surface area contributed by atoms with E-state index in [0.29, 0.717) is 28.7 Å². The number of rotatable bonds is 4. The van der Waals surface area contributed by atoms with Crippen LogP contribution in [0.5, 0.6) is 0 Å². The van der Waals surface area contributed by atoms with Gasteiger partial charge in [-0.1, -0.05) is 11.6 Å². The first kappa shape index (κ1) is 20.6. The smallest absolute Gasteiger partial charge is 0.330 e. The van der Waals surface area contributed by atoms with Crippen LogP contribution in [0.2, 0.25) is 5.02 Å². The van der Waals surface area contributed by atoms with E-state index in [4.69, 9.17) is 11.6 Å². The van der Waals surface area contributed by atoms with Crippen LogP contribution < -0.4 is 11.0 Å². The van der Waals surface area contributed by atoms with Crippen molar-refractivity contribution in [3.63, 3.8) is 0 Å². The monoisotopic (exact) mass is 427 g/mol. The molecule has 4 rings (SSSR count). The number of aryl methyl sites for hydroxylation is 3. The first-order valence-corrected chi connectivity index (χ1v) is 10.7. The lowest BCUT2D eigenvalue weighted by Gasteiger charge is -2.29. The fourth-order valence-electron chi connectivity index (χ4n) is 4.28. The molecule has 0 saturated heterocycles. The van der Waals surface area contributed by atoms with Gasteiger partial charge in [-0.05, 0) is 63.6 Å². The number of hydrogen-bond donors (Lipinski definition) is 1. The number of hydrogen-bond acceptors (Lipinski definition) is 4. The number of aromatic nitrogens is 4. The van der Waals surface area contributed by atoms with Crippen molar-refractivity contribution in [1.82, 2.24) is 24.4 Å². The zero-order valence-electron chi connectivity index (χ0n) is 17.5. The van der Waals surface area contributed by atoms with Gasteiger partial charge in [0.15, 0.2) is 5.65 Å². The van der Waals surface area contributed by atoms with Crippen molar-refractivity contribution in [3.8, 4) is 0 Å². The van der Waals surface area contributed by atoms with Gasteiger partial charge in [-0.3, -0.25) is 18.9 Å². The minimum Gasteiger partial charge on any atom is -0.349 e. The first-order chi connectivity index (χ1) is 14.3. The van der Waals surface area contributed by atoms with Gasteiger partial charge in [-0.25, -0.2) is 9.78 Å². The summed E-state index contributed by atoms with van der Waals surface area (Å²) < 4.78 is 3.46. The molecule has 3 heterocycles. The Morgan fingerprint density at radius 3 is 2.70 bits per heavy atom. The number of carbonyl (C=O) groups excluding carboxylic acids is 1. The summed E-state index contributed by atoms with van der Waals surface area (Å²) >= 11 is 5.99. The third-order valence-electron chi connectivity index (χ3n) is 6.05. The van der Waals surface area contributed by atoms with Crippen molar-refractivity contribution in [2.24, 2.45) is 13.0 Å². The van der Waals surface area contributed by atoms with Gasteiger partial charge in [0.25, 0.3) is 5.91 Å². The number of nitrogens with zero attached hydrogens (tertiary/aromatic N) is 4. The average Bonchev–Trinajstić information content (AvgIpc) is 2.95. The van der Waals surface area contributed by atoms with E-state index in [2.05, 4.69) is 15.3 Å². The molecule has 8 heteroatoms. The van der Waals surface area contributed by atoms with Crippen LogP contribution in [0.15, 0.2) is 29.2 Å². The zero-order chi connectivity index (χ0) is 21.4. The fourth-order valence-corrected chi connectivity index (χ4v) is 4.44. The number of amides is 1. The van der Waals surface area contributed by atoms with Crippen molar-refractivity contribution in [2.45, 2.75) is 52.1 Å². The van der Waals surface area contributed by atoms with Gasteiger partial charge in [0.2, 0.25) is 0 Å². The maximum absolute atomic E-state index is 12.7. The second kappa shape index (κ2) is 8.22. The Balaban J connectivity index is 1.41. The number of imidazole rings is 1. The Hall–Kier alpha value is -2.67. The lowest BCUT2D eigenvalue weighted by atomic mass is 9.86. The molecule has 0 bridgehead atoms. The SMILES string of the molecule is Cc1ccc2c(n1)n(CC1CCC(NC(=O)c3cc(Cl)cnc3C)CC1)c(=O)n2C. The summed E-state index contributed by atoms with van der Waals surface area (Å²) in [6.07, 6.45) is 5.22. The number of nitrogens with one attached hydrogen (secondary N) is 1. The third-order valence-corrected chi connectivity index (χ3v) is 6.26. The maximum atomic E-state index is 12.7. The second-order valence-electron chi connectivity index (χ2n) is 8.23. The van der Waals surface area contributed by atoms with Gasteiger partial charge in [-0.2, -0.15) is 0 Å². The Labute approximate surface area is 180 Å². The highest BCUT2D eigenvalue weighted by Gasteiger charge is 2.25. The predicted molar refractivity (Wildman–Crippen MR) is 117 cm³/mol. The summed E-state index contributed by atoms with van der Waals surface area (Å²) in [5.74, 6) is 0.259. The summed E-state index contributed by atoms with van der Waals surface area (Å²) in [6.45, 7) is 4.40. The number of pyridine rings is 2. The lowest BCUT2D eigenvalue weighted by molar-refractivity contribution is 0.0919. The molecule has 3 aromatic rings. The van der Waals surface area contributed by atoms with Gasteiger partial charge in [0.05, 0.1) is 21.8 Å². The molecule has 30 heavy (non-hydrogen) atoms. The summed E-state index contributed by atoms with van der Waals surface area (Å²) in [7, 11) is 1.79. The van der Waals surface area contributed by atoms with Crippen LogP contribution in [0.1, 0.15) is 47.4 Å². The minimum absolute atomic E-state index is 0.0255. The number of carbonyl (C=O) groups is 1. The van der Waals surface area contributed by atoms with Gasteiger partial charge < -0.3 is 5.32 Å². The summed E-state index contributed by atoms with van der Waals surface area (Å²) in [5.41, 5.74) is 3.68. The molecule has 0 spiro atoms. The van der Waals surface area contributed by atoms with Crippen LogP contribution in [-0.4, -0.2) is 31.1 Å². The number of halogens is 1. The van der Waals surface area contributed by atoms with Crippen LogP contribution in [0.3, 0.4) is 0 Å². The minimum atomic E-state index is -0.129. The molecule has 1 saturated carbocycles. The van der Waals surface area contributed by atoms with Crippen molar-refractivity contribution in [1.29, 1.82) is 0 Å². The summed E-state index contributed by atoms with van der Waals surface area (Å²) in [6, 6.07) is 5.66. The molecule has 0 aromatic carbocycles. The molecular weight excluding hydrogens is 402 g/mol. The molecule has 1 amide bonds. The normalized spacial score (nSPS) is 19.2. The molecular formula is C22H26ClN5O2. The Kier molecular flexibility index (Phi) is 5.64. The molecule has 1 N–H and O–H groups in total. The van der Waals surface area contributed by atoms with Crippen LogP contribution >= 0.6 is 11.6 Å². The quantitative estimate of drug-likeness (QED) is 0.691. The van der Waals surface area contributed by atoms with E-state index in [9.17, 15) is 9.59 Å². The third kappa shape index (κ3) is 3.99. The van der Waals surface area contributed by atoms with Crippen LogP contribution in [0, 0.1) is 19.8 Å². The van der Waals surface area contributed by atoms with Crippen LogP contribution in [-0.2, 0) is 13.6 Å². The molecule has 3 aromatic heterocycles. The highest BCUT2D eigenvalue weighted by molar-refractivity contribution is 6.30. The lowest BCUT2D eigenvalue weighted by Crippen LogP contribution is -2.39. The molecule has 0 atom stereocenters. The van der Waals surface area contributed by atoms with E-state index in [1.54, 1.807) is 35.4 Å². The molecule has 158 valence electrons. The van der Waals surface area contributed by atoms with Crippen molar-refractivity contribution < 1.29 is 4.79 Å². The second-order valence-corrected chi connectivity index (χ2v) is 8.66. The Bertz CT molecular complexity index is 1160. The molecule has 7 nitrogen and oxygen atoms in total. The standard InChI is InChI=1S/C22H26ClN5O2/c1-13-4-9-19-20(25-13)28(22(30)27(19)3)12-15-5-7-17(8-6-15)26-21(29)18-10-16(23)11-24-14(18)2/h4,9-11,15,17H,5-8,12H2,1-3H3,(H,26,29). The van der Waals surface area contributed by atoms with E-state index < -0.39 is 0 Å². The zero-order valence-corrected chi connectivity index (χ0v) is 18.2. The highest BCUT2D eigenvalue weighted by atomic mass is 35.5. The van der Waals surface area contributed by atoms with E-state index in [1.807, 2.05) is 19.1 Å². The van der Waals surface area contributed by atoms with Crippen molar-refractivity contribution in [2.75, 3.05) is 0 Å². The van der Waals surface area contributed by atoms with Crippen molar-refractivity contribution >= 4 is 28.7 Å². The molecule has 1 aliphatic rings. The van der Waals surface area contributed by atoms with Gasteiger partial charge in [0, 0.05) is 31.5 Å². The molecule has 1 fully saturated rings. The van der Waals surface area contributed by atoms with E-state index in [-0.39, 0.29) is 17.6 Å². The first-order valence-electron chi connectivity index (χ1n) is 10.3. The topological polar surface area (TPSA) is 81.8 Å². The summed E-state index contributed by atoms with van der Waals surface area (Å²) in [4.78, 5) is 34.1. The number of fused-ring (bicyclic) bond motifs is 1. The maximum Gasteiger partial charge on any atom is 0.330 e. The van der Waals surface area contributed by atoms with Gasteiger partial charge >= 0.3 is 5.69 Å². The molecule has 0 radical (unpaired) electrons. The average molecular weight is 428 g/mol. The molecule has 0 aliphatic heterocycles. The predicted octanol–water partition coefficient (Wildman–Crippen LogP) is 3.39. The van der Waals surface area contributed by atoms with E-state index in [1.165, 1.54) is 0 Å². The Morgan fingerprint density at radius 2 is 1.97 bits per heavy atom. The van der Waals surface area contributed by atoms with Crippen molar-refractivity contribution in [3.05, 3.63) is 56.9 Å². The fraction of sp³-hybridized carbons (Fsp3) is 0.455. The van der Waals surface area contributed by atoms with Crippen LogP contribution in [0.25, 0.3) is 11.2 Å². The van der Waals surface area contributed by atoms with E-state index >= 15 is 0 Å². The highest BCUT2D eigenvalue weighted by Crippen LogP contribution is 2.27. The summed E-state index contributed by atoms with van der Waals surface area (Å²) in [5, 5.41) is 3.57. The molecule has 1 aliphatic carbocycles. The van der Waals surface area contributed by atoms with Gasteiger partial charge in [-0.15, -0.1) is 0 Å². The van der Waals surface area contributed by atoms with E-state index in [0.717, 1.165) is 42.5 Å².